The van der Waals surface area contributed by atoms with Crippen molar-refractivity contribution < 1.29 is 19.2 Å². The van der Waals surface area contributed by atoms with Crippen LogP contribution in [0.25, 0.3) is 62.7 Å². The van der Waals surface area contributed by atoms with Gasteiger partial charge < -0.3 is 17.2 Å². The van der Waals surface area contributed by atoms with Crippen LogP contribution in [0.4, 0.5) is 0 Å². The van der Waals surface area contributed by atoms with Gasteiger partial charge in [0.1, 0.15) is 11.6 Å². The molecule has 0 radical (unpaired) electrons. The number of carbonyl (C=O) groups is 4. The Labute approximate surface area is 286 Å². The molecule has 0 aliphatic rings. The Hall–Kier alpha value is -5.90. The molecule has 282 valence electrons. The van der Waals surface area contributed by atoms with Gasteiger partial charge in [0, 0.05) is 38.5 Å². The molecule has 0 spiro atoms. The number of hydrogen-bond acceptors (Lipinski definition) is 11. The summed E-state index contributed by atoms with van der Waals surface area (Å²) in [5.74, 6) is 0.265. The first-order chi connectivity index (χ1) is 22.8. The van der Waals surface area contributed by atoms with E-state index < -0.39 is 0 Å². The average Bonchev–Trinajstić information content (AvgIpc) is 3.03. The summed E-state index contributed by atoms with van der Waals surface area (Å²) < 4.78 is 0. The topological polar surface area (TPSA) is 508 Å². The summed E-state index contributed by atoms with van der Waals surface area (Å²) in [6, 6.07) is 0. The van der Waals surface area contributed by atoms with Crippen LogP contribution >= 0.6 is 0 Å². The van der Waals surface area contributed by atoms with Crippen LogP contribution in [0, 0.1) is 33.2 Å². The number of unbranched alkanes of at least 4 members (excludes halogenated alkanes) is 8. The minimum absolute atomic E-state index is 0. The normalized spacial score (nSPS) is 6.86. The predicted molar refractivity (Wildman–Crippen MR) is 187 cm³/mol. The summed E-state index contributed by atoms with van der Waals surface area (Å²) in [4.78, 5) is 53.1. The van der Waals surface area contributed by atoms with Crippen molar-refractivity contribution in [3.63, 3.8) is 0 Å². The Morgan fingerprint density at radius 2 is 0.571 bits per heavy atom. The van der Waals surface area contributed by atoms with Gasteiger partial charge >= 0.3 is 0 Å². The van der Waals surface area contributed by atoms with Gasteiger partial charge in [-0.2, -0.15) is 0 Å². The van der Waals surface area contributed by atoms with Gasteiger partial charge in [-0.25, -0.2) is 0 Å². The highest BCUT2D eigenvalue weighted by atomic mass is 16.1. The molecule has 0 saturated carbocycles. The molecular weight excluding hydrogens is 646 g/mol. The lowest BCUT2D eigenvalue weighted by atomic mass is 10.1. The van der Waals surface area contributed by atoms with Crippen molar-refractivity contribution in [2.45, 2.75) is 124 Å². The van der Waals surface area contributed by atoms with Gasteiger partial charge in [0.05, 0.1) is 0 Å². The standard InChI is InChI=1S/C13H24O2.C9H18N2O2.CH5N.CH4.6HN3/c1-3-12(14)10-8-6-5-7-9-11-13(15)4-2;10-8(12)6-4-2-1-3-5-7-9(11)13;1-2;;6*1-3-2/h3-11H2,1-2H3;1-7H2,(H2,10,12)(H2,11,13);2H2,1H3;1H4;6*1H. The van der Waals surface area contributed by atoms with Crippen molar-refractivity contribution in [1.82, 2.24) is 0 Å². The molecule has 0 aromatic rings. The molecule has 12 N–H and O–H groups in total. The molecule has 0 bridgehead atoms. The van der Waals surface area contributed by atoms with Crippen LogP contribution in [-0.2, 0) is 19.2 Å². The zero-order chi connectivity index (χ0) is 39.9. The molecule has 0 unspecified atom stereocenters. The largest absolute Gasteiger partial charge is 0.370 e. The van der Waals surface area contributed by atoms with Crippen LogP contribution < -0.4 is 17.2 Å². The van der Waals surface area contributed by atoms with E-state index in [1.54, 1.807) is 29.5 Å². The van der Waals surface area contributed by atoms with Gasteiger partial charge in [0.2, 0.25) is 11.8 Å². The zero-order valence-electron chi connectivity index (χ0n) is 28.0. The number of hydrogen-bond donors (Lipinski definition) is 9. The Morgan fingerprint density at radius 3 is 0.714 bits per heavy atom. The number of ketones is 2. The summed E-state index contributed by atoms with van der Waals surface area (Å²) in [6.45, 7) is 3.83. The summed E-state index contributed by atoms with van der Waals surface area (Å²) in [5, 5.41) is 0. The summed E-state index contributed by atoms with van der Waals surface area (Å²) in [6.07, 6.45) is 14.0. The van der Waals surface area contributed by atoms with E-state index >= 15 is 0 Å². The van der Waals surface area contributed by atoms with E-state index in [0.717, 1.165) is 77.0 Å². The Bertz CT molecular complexity index is 807. The van der Waals surface area contributed by atoms with Crippen molar-refractivity contribution in [2.24, 2.45) is 17.2 Å². The highest BCUT2D eigenvalue weighted by Gasteiger charge is 2.00. The summed E-state index contributed by atoms with van der Waals surface area (Å²) in [7, 11) is 1.50. The van der Waals surface area contributed by atoms with Crippen molar-refractivity contribution in [3.8, 4) is 0 Å². The molecule has 0 heterocycles. The molecule has 25 nitrogen and oxygen atoms in total. The predicted octanol–water partition coefficient (Wildman–Crippen LogP) is 9.83. The SMILES string of the molecule is C.CCC(=O)CCCCCCCC(=O)CC.CN.NC(=O)CCCCCCCC(N)=O.[N-]=[N+]=N.[N-]=[N+]=N.[N-]=[N+]=N.[N-]=[N+]=N.[N-]=[N+]=N.[N-]=[N+]=N. The number of Topliss-reactive ketones (excluding diaryl/α,β-unsaturated/α-hetero) is 2. The fourth-order valence-electron chi connectivity index (χ4n) is 2.66. The average molecular weight is 704 g/mol. The van der Waals surface area contributed by atoms with Gasteiger partial charge in [-0.1, -0.05) is 59.8 Å². The minimum Gasteiger partial charge on any atom is -0.370 e. The Morgan fingerprint density at radius 1 is 0.429 bits per heavy atom. The first-order valence-electron chi connectivity index (χ1n) is 14.0. The van der Waals surface area contributed by atoms with Crippen LogP contribution in [0.2, 0.25) is 0 Å². The fourth-order valence-corrected chi connectivity index (χ4v) is 2.66. The highest BCUT2D eigenvalue weighted by Crippen LogP contribution is 2.09. The first kappa shape index (κ1) is 69.7. The molecule has 0 aromatic heterocycles. The molecule has 0 aromatic carbocycles. The third-order valence-corrected chi connectivity index (χ3v) is 4.55. The van der Waals surface area contributed by atoms with E-state index in [-0.39, 0.29) is 19.2 Å². The van der Waals surface area contributed by atoms with Gasteiger partial charge in [-0.3, -0.25) is 19.2 Å². The Kier molecular flexibility index (Phi) is 128. The third-order valence-electron chi connectivity index (χ3n) is 4.55. The molecule has 2 amide bonds. The monoisotopic (exact) mass is 703 g/mol. The van der Waals surface area contributed by atoms with Gasteiger partial charge in [-0.15, -0.1) is 33.2 Å². The quantitative estimate of drug-likeness (QED) is 0.0290. The zero-order valence-corrected chi connectivity index (χ0v) is 28.0. The molecule has 0 atom stereocenters. The maximum atomic E-state index is 11.0. The van der Waals surface area contributed by atoms with Crippen molar-refractivity contribution >= 4 is 23.4 Å². The van der Waals surface area contributed by atoms with E-state index in [1.165, 1.54) is 7.05 Å². The second-order valence-corrected chi connectivity index (χ2v) is 7.85. The first-order valence-corrected chi connectivity index (χ1v) is 14.0. The number of amides is 2. The van der Waals surface area contributed by atoms with Gasteiger partial charge in [0.15, 0.2) is 0 Å². The van der Waals surface area contributed by atoms with Gasteiger partial charge in [-0.05, 0) is 95.4 Å². The van der Waals surface area contributed by atoms with Crippen LogP contribution in [0.5, 0.6) is 0 Å². The molecule has 0 rings (SSSR count). The molecule has 0 aliphatic carbocycles. The van der Waals surface area contributed by atoms with E-state index in [1.807, 2.05) is 13.8 Å². The maximum absolute atomic E-state index is 11.0. The molecule has 49 heavy (non-hydrogen) atoms. The lowest BCUT2D eigenvalue weighted by Gasteiger charge is -2.00. The summed E-state index contributed by atoms with van der Waals surface area (Å²) >= 11 is 0. The fraction of sp³-hybridized carbons (Fsp3) is 0.833. The van der Waals surface area contributed by atoms with Crippen LogP contribution in [-0.4, -0.2) is 30.4 Å². The van der Waals surface area contributed by atoms with Crippen LogP contribution in [0.3, 0.4) is 0 Å². The maximum Gasteiger partial charge on any atom is 0.217 e. The second kappa shape index (κ2) is 90.1. The number of nitrogens with two attached hydrogens (primary N) is 3. The van der Waals surface area contributed by atoms with E-state index in [2.05, 4.69) is 5.73 Å². The Balaban J connectivity index is -0.0000000501. The van der Waals surface area contributed by atoms with Crippen molar-refractivity contribution in [3.05, 3.63) is 62.7 Å². The number of rotatable bonds is 18. The molecule has 0 aliphatic heterocycles. The van der Waals surface area contributed by atoms with Crippen molar-refractivity contribution in [1.29, 1.82) is 33.2 Å². The third kappa shape index (κ3) is 207. The second-order valence-electron chi connectivity index (χ2n) is 7.85. The van der Waals surface area contributed by atoms with E-state index in [4.69, 9.17) is 77.8 Å². The van der Waals surface area contributed by atoms with E-state index in [0.29, 0.717) is 37.2 Å². The molecule has 25 heteroatoms. The highest BCUT2D eigenvalue weighted by molar-refractivity contribution is 5.78. The lowest BCUT2D eigenvalue weighted by molar-refractivity contribution is -0.119. The minimum atomic E-state index is -0.239. The number of carbonyl (C=O) groups excluding carboxylic acids is 4. The number of nitrogens with one attached hydrogen (secondary N) is 6. The molecular formula is C24H57N21O4. The number of primary amides is 2. The van der Waals surface area contributed by atoms with E-state index in [9.17, 15) is 19.2 Å². The van der Waals surface area contributed by atoms with Crippen LogP contribution in [0.15, 0.2) is 0 Å². The molecule has 0 fully saturated rings. The van der Waals surface area contributed by atoms with Gasteiger partial charge in [0.25, 0.3) is 0 Å². The summed E-state index contributed by atoms with van der Waals surface area (Å²) in [5.41, 5.74) is 87.9. The van der Waals surface area contributed by atoms with Crippen molar-refractivity contribution in [2.75, 3.05) is 7.05 Å². The smallest absolute Gasteiger partial charge is 0.217 e. The number of nitrogens with zero attached hydrogens (tertiary/aromatic N) is 12. The lowest BCUT2D eigenvalue weighted by Crippen LogP contribution is -2.10. The van der Waals surface area contributed by atoms with Crippen LogP contribution in [0.1, 0.15) is 124 Å². The molecule has 0 saturated heterocycles.